The molecule has 0 saturated heterocycles. The quantitative estimate of drug-likeness (QED) is 0.839. The second-order valence-corrected chi connectivity index (χ2v) is 5.87. The minimum Gasteiger partial charge on any atom is -0.341 e. The van der Waals surface area contributed by atoms with Gasteiger partial charge in [-0.1, -0.05) is 18.2 Å². The average Bonchev–Trinajstić information content (AvgIpc) is 2.42. The Morgan fingerprint density at radius 1 is 1.05 bits per heavy atom. The molecule has 0 aliphatic heterocycles. The zero-order chi connectivity index (χ0) is 16.7. The van der Waals surface area contributed by atoms with Crippen molar-refractivity contribution in [3.05, 3.63) is 29.3 Å². The summed E-state index contributed by atoms with van der Waals surface area (Å²) in [6.07, 6.45) is 0.306. The molecule has 0 spiro atoms. The number of hydrogen-bond donors (Lipinski definition) is 1. The van der Waals surface area contributed by atoms with Gasteiger partial charge in [0.05, 0.1) is 0 Å². The predicted octanol–water partition coefficient (Wildman–Crippen LogP) is 2.04. The molecule has 122 valence electrons. The molecule has 5 nitrogen and oxygen atoms in total. The molecule has 1 rings (SSSR count). The highest BCUT2D eigenvalue weighted by molar-refractivity contribution is 5.92. The first-order valence-corrected chi connectivity index (χ1v) is 7.57. The molecular weight excluding hydrogens is 278 g/mol. The molecule has 0 aliphatic rings. The zero-order valence-corrected chi connectivity index (χ0v) is 14.3. The van der Waals surface area contributed by atoms with Crippen molar-refractivity contribution in [2.75, 3.05) is 39.0 Å². The molecular formula is C17H27N3O2. The Hall–Kier alpha value is -1.88. The molecule has 22 heavy (non-hydrogen) atoms. The predicted molar refractivity (Wildman–Crippen MR) is 90.0 cm³/mol. The molecule has 0 bridgehead atoms. The van der Waals surface area contributed by atoms with Gasteiger partial charge in [-0.3, -0.25) is 9.59 Å². The van der Waals surface area contributed by atoms with Crippen molar-refractivity contribution in [3.63, 3.8) is 0 Å². The van der Waals surface area contributed by atoms with E-state index in [2.05, 4.69) is 5.32 Å². The molecule has 0 aromatic heterocycles. The van der Waals surface area contributed by atoms with Crippen molar-refractivity contribution in [2.45, 2.75) is 27.2 Å². The summed E-state index contributed by atoms with van der Waals surface area (Å²) in [5.41, 5.74) is 2.96. The Bertz CT molecular complexity index is 506. The van der Waals surface area contributed by atoms with Gasteiger partial charge in [-0.05, 0) is 39.1 Å². The van der Waals surface area contributed by atoms with Crippen LogP contribution in [-0.2, 0) is 9.59 Å². The second kappa shape index (κ2) is 8.54. The zero-order valence-electron chi connectivity index (χ0n) is 14.3. The van der Waals surface area contributed by atoms with Crippen LogP contribution in [0, 0.1) is 13.8 Å². The summed E-state index contributed by atoms with van der Waals surface area (Å²) < 4.78 is 0. The van der Waals surface area contributed by atoms with E-state index in [1.54, 1.807) is 11.8 Å². The molecule has 2 amide bonds. The van der Waals surface area contributed by atoms with Crippen LogP contribution in [0.15, 0.2) is 18.2 Å². The van der Waals surface area contributed by atoms with E-state index in [0.717, 1.165) is 23.4 Å². The Morgan fingerprint density at radius 3 is 2.14 bits per heavy atom. The summed E-state index contributed by atoms with van der Waals surface area (Å²) in [5.74, 6) is -0.0600. The average molecular weight is 305 g/mol. The third-order valence-electron chi connectivity index (χ3n) is 3.62. The summed E-state index contributed by atoms with van der Waals surface area (Å²) in [5, 5.41) is 2.95. The lowest BCUT2D eigenvalue weighted by Gasteiger charge is -2.23. The lowest BCUT2D eigenvalue weighted by atomic mass is 10.1. The fraction of sp³-hybridized carbons (Fsp3) is 0.529. The second-order valence-electron chi connectivity index (χ2n) is 5.87. The fourth-order valence-electron chi connectivity index (χ4n) is 2.20. The van der Waals surface area contributed by atoms with Crippen LogP contribution in [0.1, 0.15) is 24.5 Å². The largest absolute Gasteiger partial charge is 0.341 e. The third-order valence-corrected chi connectivity index (χ3v) is 3.62. The van der Waals surface area contributed by atoms with Crippen molar-refractivity contribution in [1.29, 1.82) is 0 Å². The van der Waals surface area contributed by atoms with Crippen LogP contribution in [0.5, 0.6) is 0 Å². The summed E-state index contributed by atoms with van der Waals surface area (Å²) in [4.78, 5) is 27.5. The minimum absolute atomic E-state index is 0.00159. The molecule has 0 heterocycles. The van der Waals surface area contributed by atoms with Gasteiger partial charge in [0, 0.05) is 38.7 Å². The number of carbonyl (C=O) groups excluding carboxylic acids is 2. The number of para-hydroxylation sites is 1. The van der Waals surface area contributed by atoms with Crippen molar-refractivity contribution in [3.8, 4) is 0 Å². The van der Waals surface area contributed by atoms with Crippen LogP contribution in [0.25, 0.3) is 0 Å². The Balaban J connectivity index is 2.55. The van der Waals surface area contributed by atoms with Gasteiger partial charge in [-0.25, -0.2) is 0 Å². The lowest BCUT2D eigenvalue weighted by molar-refractivity contribution is -0.129. The number of aryl methyl sites for hydroxylation is 2. The molecule has 0 aliphatic carbocycles. The molecule has 0 atom stereocenters. The van der Waals surface area contributed by atoms with Crippen LogP contribution < -0.4 is 5.32 Å². The van der Waals surface area contributed by atoms with Crippen molar-refractivity contribution >= 4 is 17.5 Å². The van der Waals surface area contributed by atoms with Crippen molar-refractivity contribution in [2.24, 2.45) is 0 Å². The molecule has 0 unspecified atom stereocenters. The number of nitrogens with one attached hydrogen (secondary N) is 1. The van der Waals surface area contributed by atoms with Crippen molar-refractivity contribution in [1.82, 2.24) is 9.80 Å². The standard InChI is InChI=1S/C17H27N3O2/c1-13-7-6-8-14(2)17(13)18-16(22)9-10-20(15(3)21)12-11-19(4)5/h6-8H,9-12H2,1-5H3,(H,18,22). The maximum Gasteiger partial charge on any atom is 0.226 e. The summed E-state index contributed by atoms with van der Waals surface area (Å²) >= 11 is 0. The number of benzene rings is 1. The normalized spacial score (nSPS) is 10.6. The van der Waals surface area contributed by atoms with Gasteiger partial charge >= 0.3 is 0 Å². The molecule has 1 aromatic carbocycles. The van der Waals surface area contributed by atoms with Crippen LogP contribution in [0.3, 0.4) is 0 Å². The Kier molecular flexibility index (Phi) is 7.05. The van der Waals surface area contributed by atoms with Crippen LogP contribution in [0.4, 0.5) is 5.69 Å². The maximum atomic E-state index is 12.1. The monoisotopic (exact) mass is 305 g/mol. The first-order valence-electron chi connectivity index (χ1n) is 7.57. The summed E-state index contributed by atoms with van der Waals surface area (Å²) in [7, 11) is 3.93. The van der Waals surface area contributed by atoms with Gasteiger partial charge < -0.3 is 15.1 Å². The van der Waals surface area contributed by atoms with Gasteiger partial charge in [0.2, 0.25) is 11.8 Å². The highest BCUT2D eigenvalue weighted by Gasteiger charge is 2.12. The van der Waals surface area contributed by atoms with Gasteiger partial charge in [0.15, 0.2) is 0 Å². The Morgan fingerprint density at radius 2 is 1.64 bits per heavy atom. The molecule has 1 aromatic rings. The third kappa shape index (κ3) is 5.85. The Labute approximate surface area is 133 Å². The number of anilines is 1. The lowest BCUT2D eigenvalue weighted by Crippen LogP contribution is -2.37. The van der Waals surface area contributed by atoms with Gasteiger partial charge in [0.25, 0.3) is 0 Å². The van der Waals surface area contributed by atoms with E-state index < -0.39 is 0 Å². The first kappa shape index (κ1) is 18.2. The highest BCUT2D eigenvalue weighted by atomic mass is 16.2. The topological polar surface area (TPSA) is 52.7 Å². The van der Waals surface area contributed by atoms with E-state index in [1.165, 1.54) is 0 Å². The smallest absolute Gasteiger partial charge is 0.226 e. The maximum absolute atomic E-state index is 12.1. The SMILES string of the molecule is CC(=O)N(CCC(=O)Nc1c(C)cccc1C)CCN(C)C. The van der Waals surface area contributed by atoms with Gasteiger partial charge in [0.1, 0.15) is 0 Å². The van der Waals surface area contributed by atoms with Crippen LogP contribution >= 0.6 is 0 Å². The molecule has 0 fully saturated rings. The first-order chi connectivity index (χ1) is 10.3. The van der Waals surface area contributed by atoms with E-state index in [-0.39, 0.29) is 11.8 Å². The number of hydrogen-bond acceptors (Lipinski definition) is 3. The van der Waals surface area contributed by atoms with Gasteiger partial charge in [-0.15, -0.1) is 0 Å². The van der Waals surface area contributed by atoms with E-state index in [0.29, 0.717) is 19.5 Å². The van der Waals surface area contributed by atoms with E-state index in [1.807, 2.05) is 51.0 Å². The number of likely N-dealkylation sites (N-methyl/N-ethyl adjacent to an activating group) is 1. The number of carbonyl (C=O) groups is 2. The highest BCUT2D eigenvalue weighted by Crippen LogP contribution is 2.19. The van der Waals surface area contributed by atoms with Crippen LogP contribution in [0.2, 0.25) is 0 Å². The molecule has 1 N–H and O–H groups in total. The number of rotatable bonds is 7. The summed E-state index contributed by atoms with van der Waals surface area (Å²) in [6.45, 7) is 7.36. The number of amides is 2. The number of nitrogens with zero attached hydrogens (tertiary/aromatic N) is 2. The van der Waals surface area contributed by atoms with Crippen molar-refractivity contribution < 1.29 is 9.59 Å². The van der Waals surface area contributed by atoms with E-state index >= 15 is 0 Å². The van der Waals surface area contributed by atoms with Gasteiger partial charge in [-0.2, -0.15) is 0 Å². The minimum atomic E-state index is -0.0616. The fourth-order valence-corrected chi connectivity index (χ4v) is 2.20. The van der Waals surface area contributed by atoms with Crippen LogP contribution in [-0.4, -0.2) is 55.3 Å². The molecule has 5 heteroatoms. The molecule has 0 saturated carbocycles. The van der Waals surface area contributed by atoms with E-state index in [9.17, 15) is 9.59 Å². The summed E-state index contributed by atoms with van der Waals surface area (Å²) in [6, 6.07) is 5.92. The van der Waals surface area contributed by atoms with E-state index in [4.69, 9.17) is 0 Å². The molecule has 0 radical (unpaired) electrons.